The Kier molecular flexibility index (Phi) is 5.85. The Morgan fingerprint density at radius 1 is 1.39 bits per heavy atom. The van der Waals surface area contributed by atoms with Crippen molar-refractivity contribution in [3.05, 3.63) is 21.9 Å². The van der Waals surface area contributed by atoms with Gasteiger partial charge in [0.2, 0.25) is 5.91 Å². The van der Waals surface area contributed by atoms with Gasteiger partial charge in [0.25, 0.3) is 0 Å². The third-order valence-corrected chi connectivity index (χ3v) is 3.92. The number of ether oxygens (including phenoxy) is 1. The zero-order valence-electron chi connectivity index (χ0n) is 11.1. The van der Waals surface area contributed by atoms with Crippen LogP contribution < -0.4 is 0 Å². The quantitative estimate of drug-likeness (QED) is 0.742. The average molecular weight is 269 g/mol. The van der Waals surface area contributed by atoms with Gasteiger partial charge in [-0.1, -0.05) is 0 Å². The third-order valence-electron chi connectivity index (χ3n) is 2.84. The minimum absolute atomic E-state index is 0.0189. The van der Waals surface area contributed by atoms with Gasteiger partial charge in [-0.25, -0.2) is 0 Å². The van der Waals surface area contributed by atoms with Gasteiger partial charge in [-0.2, -0.15) is 0 Å². The molecule has 0 aliphatic carbocycles. The smallest absolute Gasteiger partial charge is 0.306 e. The zero-order chi connectivity index (χ0) is 13.5. The lowest BCUT2D eigenvalue weighted by Gasteiger charge is -2.16. The van der Waals surface area contributed by atoms with Gasteiger partial charge in [0.05, 0.1) is 13.5 Å². The normalized spacial score (nSPS) is 10.2. The van der Waals surface area contributed by atoms with Crippen molar-refractivity contribution in [2.45, 2.75) is 26.2 Å². The summed E-state index contributed by atoms with van der Waals surface area (Å²) in [6.07, 6.45) is 1.23. The molecule has 0 radical (unpaired) electrons. The van der Waals surface area contributed by atoms with Crippen molar-refractivity contribution in [3.63, 3.8) is 0 Å². The second-order valence-electron chi connectivity index (χ2n) is 4.17. The van der Waals surface area contributed by atoms with Gasteiger partial charge in [-0.05, 0) is 30.4 Å². The first kappa shape index (κ1) is 14.7. The number of thiophene rings is 1. The van der Waals surface area contributed by atoms with Crippen LogP contribution in [0.3, 0.4) is 0 Å². The molecule has 4 nitrogen and oxygen atoms in total. The van der Waals surface area contributed by atoms with E-state index in [0.29, 0.717) is 6.54 Å². The molecule has 1 rings (SSSR count). The summed E-state index contributed by atoms with van der Waals surface area (Å²) in [6, 6.07) is 2.08. The fraction of sp³-hybridized carbons (Fsp3) is 0.538. The Hall–Kier alpha value is -1.36. The lowest BCUT2D eigenvalue weighted by Crippen LogP contribution is -2.29. The summed E-state index contributed by atoms with van der Waals surface area (Å²) >= 11 is 1.71. The molecule has 0 aliphatic rings. The van der Waals surface area contributed by atoms with Gasteiger partial charge in [0.1, 0.15) is 0 Å². The summed E-state index contributed by atoms with van der Waals surface area (Å²) in [7, 11) is 3.10. The van der Waals surface area contributed by atoms with E-state index in [-0.39, 0.29) is 24.7 Å². The summed E-state index contributed by atoms with van der Waals surface area (Å²) in [6.45, 7) is 2.76. The number of nitrogens with zero attached hydrogens (tertiary/aromatic N) is 1. The minimum atomic E-state index is -0.342. The van der Waals surface area contributed by atoms with Gasteiger partial charge in [-0.3, -0.25) is 9.59 Å². The van der Waals surface area contributed by atoms with Crippen molar-refractivity contribution in [2.75, 3.05) is 20.7 Å². The van der Waals surface area contributed by atoms with Crippen molar-refractivity contribution in [2.24, 2.45) is 0 Å². The average Bonchev–Trinajstić information content (AvgIpc) is 2.78. The van der Waals surface area contributed by atoms with Crippen LogP contribution in [0.1, 0.15) is 23.3 Å². The highest BCUT2D eigenvalue weighted by atomic mass is 32.1. The number of likely N-dealkylation sites (N-methyl/N-ethyl adjacent to an activating group) is 1. The number of methoxy groups -OCH3 is 1. The van der Waals surface area contributed by atoms with Crippen LogP contribution in [0.25, 0.3) is 0 Å². The molecule has 0 aromatic carbocycles. The number of hydrogen-bond acceptors (Lipinski definition) is 4. The van der Waals surface area contributed by atoms with Crippen molar-refractivity contribution >= 4 is 23.2 Å². The molecule has 0 fully saturated rings. The molecule has 0 saturated carbocycles. The van der Waals surface area contributed by atoms with E-state index in [1.807, 2.05) is 0 Å². The molecular weight excluding hydrogens is 250 g/mol. The van der Waals surface area contributed by atoms with Crippen molar-refractivity contribution in [3.8, 4) is 0 Å². The predicted octanol–water partition coefficient (Wildman–Crippen LogP) is 2.01. The van der Waals surface area contributed by atoms with Crippen LogP contribution in [0, 0.1) is 6.92 Å². The molecule has 0 atom stereocenters. The van der Waals surface area contributed by atoms with Crippen LogP contribution in [-0.2, 0) is 20.7 Å². The molecule has 0 N–H and O–H groups in total. The first-order chi connectivity index (χ1) is 8.54. The maximum atomic E-state index is 11.7. The van der Waals surface area contributed by atoms with Gasteiger partial charge >= 0.3 is 5.97 Å². The summed E-state index contributed by atoms with van der Waals surface area (Å²) in [5.74, 6) is -0.361. The Bertz CT molecular complexity index is 414. The fourth-order valence-electron chi connectivity index (χ4n) is 1.56. The van der Waals surface area contributed by atoms with E-state index in [0.717, 1.165) is 6.42 Å². The van der Waals surface area contributed by atoms with E-state index >= 15 is 0 Å². The second-order valence-corrected chi connectivity index (χ2v) is 5.17. The topological polar surface area (TPSA) is 46.6 Å². The summed E-state index contributed by atoms with van der Waals surface area (Å²) in [4.78, 5) is 25.6. The van der Waals surface area contributed by atoms with E-state index in [4.69, 9.17) is 0 Å². The standard InChI is InChI=1S/C13H19NO3S/c1-10-7-9-18-11(10)6-8-14(2)12(15)4-5-13(16)17-3/h7,9H,4-6,8H2,1-3H3. The van der Waals surface area contributed by atoms with Gasteiger partial charge in [0, 0.05) is 24.9 Å². The molecule has 0 aliphatic heterocycles. The number of hydrogen-bond donors (Lipinski definition) is 0. The van der Waals surface area contributed by atoms with Crippen LogP contribution in [0.5, 0.6) is 0 Å². The Balaban J connectivity index is 2.32. The first-order valence-corrected chi connectivity index (χ1v) is 6.76. The van der Waals surface area contributed by atoms with Crippen LogP contribution in [0.15, 0.2) is 11.4 Å². The Morgan fingerprint density at radius 2 is 2.11 bits per heavy atom. The van der Waals surface area contributed by atoms with Gasteiger partial charge in [-0.15, -0.1) is 11.3 Å². The lowest BCUT2D eigenvalue weighted by molar-refractivity contribution is -0.143. The fourth-order valence-corrected chi connectivity index (χ4v) is 2.46. The molecule has 100 valence electrons. The summed E-state index contributed by atoms with van der Waals surface area (Å²) in [5, 5.41) is 2.06. The molecule has 1 amide bonds. The lowest BCUT2D eigenvalue weighted by atomic mass is 10.2. The van der Waals surface area contributed by atoms with Crippen LogP contribution in [-0.4, -0.2) is 37.5 Å². The number of amides is 1. The van der Waals surface area contributed by atoms with E-state index < -0.39 is 0 Å². The van der Waals surface area contributed by atoms with E-state index in [1.165, 1.54) is 17.6 Å². The first-order valence-electron chi connectivity index (χ1n) is 5.88. The number of carbonyl (C=O) groups is 2. The van der Waals surface area contributed by atoms with Crippen LogP contribution in [0.2, 0.25) is 0 Å². The molecular formula is C13H19NO3S. The molecule has 1 heterocycles. The molecule has 1 aromatic rings. The molecule has 18 heavy (non-hydrogen) atoms. The van der Waals surface area contributed by atoms with Gasteiger partial charge in [0.15, 0.2) is 0 Å². The molecule has 0 bridgehead atoms. The number of aryl methyl sites for hydroxylation is 1. The largest absolute Gasteiger partial charge is 0.469 e. The third kappa shape index (κ3) is 4.49. The molecule has 1 aromatic heterocycles. The van der Waals surface area contributed by atoms with Crippen molar-refractivity contribution in [1.82, 2.24) is 4.90 Å². The molecule has 0 unspecified atom stereocenters. The van der Waals surface area contributed by atoms with Crippen LogP contribution >= 0.6 is 11.3 Å². The number of esters is 1. The summed E-state index contributed by atoms with van der Waals surface area (Å²) in [5.41, 5.74) is 1.27. The van der Waals surface area contributed by atoms with Crippen LogP contribution in [0.4, 0.5) is 0 Å². The molecule has 5 heteroatoms. The maximum Gasteiger partial charge on any atom is 0.306 e. The molecule has 0 spiro atoms. The highest BCUT2D eigenvalue weighted by molar-refractivity contribution is 7.10. The maximum absolute atomic E-state index is 11.7. The van der Waals surface area contributed by atoms with E-state index in [9.17, 15) is 9.59 Å². The highest BCUT2D eigenvalue weighted by Crippen LogP contribution is 2.16. The van der Waals surface area contributed by atoms with E-state index in [1.54, 1.807) is 23.3 Å². The summed E-state index contributed by atoms with van der Waals surface area (Å²) < 4.78 is 4.51. The minimum Gasteiger partial charge on any atom is -0.469 e. The predicted molar refractivity (Wildman–Crippen MR) is 71.6 cm³/mol. The highest BCUT2D eigenvalue weighted by Gasteiger charge is 2.12. The van der Waals surface area contributed by atoms with Gasteiger partial charge < -0.3 is 9.64 Å². The Morgan fingerprint density at radius 3 is 2.67 bits per heavy atom. The monoisotopic (exact) mass is 269 g/mol. The second kappa shape index (κ2) is 7.16. The van der Waals surface area contributed by atoms with E-state index in [2.05, 4.69) is 23.1 Å². The van der Waals surface area contributed by atoms with Crippen molar-refractivity contribution in [1.29, 1.82) is 0 Å². The molecule has 0 saturated heterocycles. The Labute approximate surface area is 112 Å². The van der Waals surface area contributed by atoms with Crippen molar-refractivity contribution < 1.29 is 14.3 Å². The number of carbonyl (C=O) groups excluding carboxylic acids is 2. The number of rotatable bonds is 6. The SMILES string of the molecule is COC(=O)CCC(=O)N(C)CCc1sccc1C. The zero-order valence-corrected chi connectivity index (χ0v) is 11.9.